The van der Waals surface area contributed by atoms with E-state index in [2.05, 4.69) is 45.9 Å². The van der Waals surface area contributed by atoms with Gasteiger partial charge in [-0.2, -0.15) is 0 Å². The minimum Gasteiger partial charge on any atom is -0.457 e. The van der Waals surface area contributed by atoms with Crippen molar-refractivity contribution in [3.05, 3.63) is 107 Å². The molecule has 0 saturated heterocycles. The number of para-hydroxylation sites is 1. The fourth-order valence-electron chi connectivity index (χ4n) is 5.92. The Morgan fingerprint density at radius 2 is 1.39 bits per heavy atom. The molecule has 41 heavy (non-hydrogen) atoms. The van der Waals surface area contributed by atoms with Gasteiger partial charge in [0, 0.05) is 11.1 Å². The fraction of sp³-hybridized carbons (Fsp3) is 0.206. The summed E-state index contributed by atoms with van der Waals surface area (Å²) in [5, 5.41) is 2.29. The molecule has 3 aromatic carbocycles. The van der Waals surface area contributed by atoms with E-state index in [9.17, 15) is 0 Å². The first-order valence-electron chi connectivity index (χ1n) is 13.8. The zero-order chi connectivity index (χ0) is 28.7. The highest BCUT2D eigenvalue weighted by atomic mass is 35.5. The van der Waals surface area contributed by atoms with E-state index < -0.39 is 8.32 Å². The van der Waals surface area contributed by atoms with Gasteiger partial charge >= 0.3 is 0 Å². The molecule has 0 radical (unpaired) electrons. The van der Waals surface area contributed by atoms with Gasteiger partial charge < -0.3 is 13.6 Å². The van der Waals surface area contributed by atoms with E-state index >= 15 is 0 Å². The summed E-state index contributed by atoms with van der Waals surface area (Å²) in [5.74, 6) is 2.97. The van der Waals surface area contributed by atoms with Crippen molar-refractivity contribution in [3.8, 4) is 45.5 Å². The van der Waals surface area contributed by atoms with Crippen molar-refractivity contribution in [2.24, 2.45) is 0 Å². The molecule has 3 heterocycles. The highest BCUT2D eigenvalue weighted by Gasteiger charge is 2.51. The van der Waals surface area contributed by atoms with E-state index in [1.807, 2.05) is 66.7 Å². The smallest absolute Gasteiger partial charge is 0.232 e. The Balaban J connectivity index is 1.45. The number of benzene rings is 3. The second-order valence-corrected chi connectivity index (χ2v) is 16.5. The second kappa shape index (κ2) is 11.1. The summed E-state index contributed by atoms with van der Waals surface area (Å²) in [6, 6.07) is 29.5. The minimum atomic E-state index is -2.34. The first-order chi connectivity index (χ1) is 19.8. The van der Waals surface area contributed by atoms with Gasteiger partial charge in [0.2, 0.25) is 8.32 Å². The van der Waals surface area contributed by atoms with Crippen LogP contribution in [0.4, 0.5) is 0 Å². The zero-order valence-corrected chi connectivity index (χ0v) is 26.0. The molecule has 6 rings (SSSR count). The molecule has 1 aliphatic heterocycles. The number of halogens is 2. The first kappa shape index (κ1) is 27.8. The summed E-state index contributed by atoms with van der Waals surface area (Å²) in [4.78, 5) is 5.27. The molecule has 0 spiro atoms. The standard InChI is InChI=1S/C34H31Cl2NO3Si/c1-21(2)41(22(3)4)34-25(20-38-41)19-30(32-17-16-31(40-32)24-12-15-28(35)29(36)18-24)37-33(34)23-10-13-27(14-11-23)39-26-8-6-5-7-9-26/h5-19,21-22H,20H2,1-4H3. The van der Waals surface area contributed by atoms with E-state index in [0.29, 0.717) is 39.3 Å². The van der Waals surface area contributed by atoms with E-state index in [1.165, 1.54) is 10.8 Å². The van der Waals surface area contributed by atoms with Crippen molar-refractivity contribution in [1.82, 2.24) is 4.98 Å². The van der Waals surface area contributed by atoms with E-state index in [1.54, 1.807) is 6.07 Å². The van der Waals surface area contributed by atoms with Crippen molar-refractivity contribution in [1.29, 1.82) is 0 Å². The van der Waals surface area contributed by atoms with Crippen LogP contribution in [0.5, 0.6) is 11.5 Å². The molecule has 0 fully saturated rings. The number of hydrogen-bond acceptors (Lipinski definition) is 4. The van der Waals surface area contributed by atoms with Crippen molar-refractivity contribution >= 4 is 36.7 Å². The Hall–Kier alpha value is -3.35. The van der Waals surface area contributed by atoms with Gasteiger partial charge in [-0.05, 0) is 94.6 Å². The Morgan fingerprint density at radius 1 is 0.732 bits per heavy atom. The van der Waals surface area contributed by atoms with Crippen LogP contribution in [0.1, 0.15) is 33.3 Å². The predicted octanol–water partition coefficient (Wildman–Crippen LogP) is 10.3. The average Bonchev–Trinajstić information content (AvgIpc) is 3.62. The third kappa shape index (κ3) is 5.13. The van der Waals surface area contributed by atoms with Crippen LogP contribution < -0.4 is 9.92 Å². The van der Waals surface area contributed by atoms with Crippen LogP contribution in [0.2, 0.25) is 21.1 Å². The minimum absolute atomic E-state index is 0.390. The van der Waals surface area contributed by atoms with Gasteiger partial charge in [0.05, 0.1) is 22.3 Å². The number of aromatic nitrogens is 1. The molecule has 0 bridgehead atoms. The monoisotopic (exact) mass is 599 g/mol. The normalized spacial score (nSPS) is 14.0. The van der Waals surface area contributed by atoms with E-state index in [4.69, 9.17) is 41.8 Å². The zero-order valence-electron chi connectivity index (χ0n) is 23.4. The van der Waals surface area contributed by atoms with Gasteiger partial charge in [0.15, 0.2) is 5.76 Å². The Kier molecular flexibility index (Phi) is 7.55. The molecular weight excluding hydrogens is 569 g/mol. The number of pyridine rings is 1. The third-order valence-corrected chi connectivity index (χ3v) is 14.0. The number of hydrogen-bond donors (Lipinski definition) is 0. The largest absolute Gasteiger partial charge is 0.457 e. The molecule has 5 aromatic rings. The lowest BCUT2D eigenvalue weighted by Gasteiger charge is -2.35. The maximum atomic E-state index is 6.80. The molecule has 0 N–H and O–H groups in total. The van der Waals surface area contributed by atoms with E-state index in [0.717, 1.165) is 34.0 Å². The van der Waals surface area contributed by atoms with Crippen LogP contribution in [-0.2, 0) is 11.0 Å². The number of furan rings is 1. The van der Waals surface area contributed by atoms with Gasteiger partial charge in [0.1, 0.15) is 23.0 Å². The lowest BCUT2D eigenvalue weighted by Crippen LogP contribution is -2.53. The maximum absolute atomic E-state index is 6.80. The molecule has 2 aromatic heterocycles. The van der Waals surface area contributed by atoms with Gasteiger partial charge in [-0.1, -0.05) is 69.1 Å². The Morgan fingerprint density at radius 3 is 2.07 bits per heavy atom. The molecule has 208 valence electrons. The first-order valence-corrected chi connectivity index (χ1v) is 16.7. The van der Waals surface area contributed by atoms with Gasteiger partial charge in [-0.25, -0.2) is 4.98 Å². The van der Waals surface area contributed by atoms with E-state index in [-0.39, 0.29) is 0 Å². The molecule has 0 saturated carbocycles. The summed E-state index contributed by atoms with van der Waals surface area (Å²) >= 11 is 12.4. The molecule has 0 unspecified atom stereocenters. The molecule has 0 amide bonds. The fourth-order valence-corrected chi connectivity index (χ4v) is 11.1. The van der Waals surface area contributed by atoms with Crippen LogP contribution >= 0.6 is 23.2 Å². The maximum Gasteiger partial charge on any atom is 0.232 e. The summed E-state index contributed by atoms with van der Waals surface area (Å²) < 4.78 is 19.2. The molecule has 0 aliphatic carbocycles. The van der Waals surface area contributed by atoms with Gasteiger partial charge in [-0.15, -0.1) is 0 Å². The molecule has 1 aliphatic rings. The van der Waals surface area contributed by atoms with Crippen molar-refractivity contribution in [3.63, 3.8) is 0 Å². The van der Waals surface area contributed by atoms with Gasteiger partial charge in [0.25, 0.3) is 0 Å². The Bertz CT molecular complexity index is 1690. The SMILES string of the molecule is CC(C)[Si]1(C(C)C)OCc2cc(-c3ccc(-c4ccc(Cl)c(Cl)c4)o3)nc(-c3ccc(Oc4ccccc4)cc3)c21. The van der Waals surface area contributed by atoms with Crippen LogP contribution in [-0.4, -0.2) is 13.3 Å². The lowest BCUT2D eigenvalue weighted by atomic mass is 10.1. The van der Waals surface area contributed by atoms with Crippen LogP contribution in [0.15, 0.2) is 95.4 Å². The molecular formula is C34H31Cl2NO3Si. The Labute approximate surface area is 252 Å². The highest BCUT2D eigenvalue weighted by molar-refractivity contribution is 6.90. The van der Waals surface area contributed by atoms with Crippen LogP contribution in [0.25, 0.3) is 34.0 Å². The number of fused-ring (bicyclic) bond motifs is 1. The quantitative estimate of drug-likeness (QED) is 0.174. The highest BCUT2D eigenvalue weighted by Crippen LogP contribution is 2.42. The van der Waals surface area contributed by atoms with Crippen LogP contribution in [0.3, 0.4) is 0 Å². The number of nitrogens with zero attached hydrogens (tertiary/aromatic N) is 1. The second-order valence-electron chi connectivity index (χ2n) is 11.0. The summed E-state index contributed by atoms with van der Waals surface area (Å²) in [7, 11) is -2.34. The van der Waals surface area contributed by atoms with Gasteiger partial charge in [-0.3, -0.25) is 0 Å². The number of rotatable bonds is 7. The topological polar surface area (TPSA) is 44.5 Å². The van der Waals surface area contributed by atoms with Crippen molar-refractivity contribution in [2.75, 3.05) is 0 Å². The lowest BCUT2D eigenvalue weighted by molar-refractivity contribution is 0.299. The van der Waals surface area contributed by atoms with Crippen LogP contribution in [0, 0.1) is 0 Å². The third-order valence-electron chi connectivity index (χ3n) is 7.84. The predicted molar refractivity (Wildman–Crippen MR) is 170 cm³/mol. The van der Waals surface area contributed by atoms with Crippen molar-refractivity contribution < 1.29 is 13.6 Å². The van der Waals surface area contributed by atoms with Crippen molar-refractivity contribution in [2.45, 2.75) is 45.4 Å². The molecule has 4 nitrogen and oxygen atoms in total. The number of ether oxygens (including phenoxy) is 1. The summed E-state index contributed by atoms with van der Waals surface area (Å²) in [5.41, 5.74) is 5.59. The molecule has 7 heteroatoms. The summed E-state index contributed by atoms with van der Waals surface area (Å²) in [6.07, 6.45) is 0. The molecule has 0 atom stereocenters. The summed E-state index contributed by atoms with van der Waals surface area (Å²) in [6.45, 7) is 9.71. The average molecular weight is 601 g/mol.